The molecule has 0 radical (unpaired) electrons. The van der Waals surface area contributed by atoms with Gasteiger partial charge in [0, 0.05) is 23.5 Å². The van der Waals surface area contributed by atoms with Crippen LogP contribution in [0.4, 0.5) is 42.1 Å². The number of primary amides is 1. The van der Waals surface area contributed by atoms with Gasteiger partial charge in [0.1, 0.15) is 6.61 Å². The minimum absolute atomic E-state index is 0.0412. The Morgan fingerprint density at radius 1 is 1.21 bits per heavy atom. The molecular weight excluding hydrogens is 469 g/mol. The fraction of sp³-hybridized carbons (Fsp3) is 0.500. The van der Waals surface area contributed by atoms with E-state index < -0.39 is 67.1 Å². The highest BCUT2D eigenvalue weighted by Crippen LogP contribution is 2.32. The summed E-state index contributed by atoms with van der Waals surface area (Å²) in [5, 5.41) is 1.85. The van der Waals surface area contributed by atoms with Gasteiger partial charge < -0.3 is 20.7 Å². The molecule has 1 fully saturated rings. The first kappa shape index (κ1) is 26.3. The largest absolute Gasteiger partial charge is 0.401 e. The smallest absolute Gasteiger partial charge is 0.370 e. The molecule has 0 saturated carbocycles. The number of carbonyl (C=O) groups excluding carboxylic acids is 3. The highest BCUT2D eigenvalue weighted by atomic mass is 19.4. The summed E-state index contributed by atoms with van der Waals surface area (Å²) in [4.78, 5) is 37.0. The number of ether oxygens (including phenoxy) is 1. The lowest BCUT2D eigenvalue weighted by Gasteiger charge is -2.29. The standard InChI is InChI=1S/C18H19F7N4O4/c19-12(20)6-28(8-18(23,24)25)14(16(26)31)17(32)27-11-2-1-9(5-10(11)15(21)22)29-3-4-33-7-13(29)30/h1-2,5,12,14-15H,3-4,6-8H2,(H2,26,31)(H,27,32)/t14-/m1/s1. The van der Waals surface area contributed by atoms with Crippen molar-refractivity contribution in [2.75, 3.05) is 43.1 Å². The summed E-state index contributed by atoms with van der Waals surface area (Å²) in [5.41, 5.74) is 3.58. The van der Waals surface area contributed by atoms with Gasteiger partial charge in [-0.25, -0.2) is 17.6 Å². The van der Waals surface area contributed by atoms with E-state index in [4.69, 9.17) is 10.5 Å². The van der Waals surface area contributed by atoms with Gasteiger partial charge in [0.25, 0.3) is 24.7 Å². The van der Waals surface area contributed by atoms with Crippen molar-refractivity contribution in [3.8, 4) is 0 Å². The molecule has 0 bridgehead atoms. The molecule has 0 aromatic heterocycles. The van der Waals surface area contributed by atoms with Crippen LogP contribution in [-0.4, -0.2) is 74.1 Å². The van der Waals surface area contributed by atoms with Crippen molar-refractivity contribution in [2.45, 2.75) is 25.1 Å². The molecule has 184 valence electrons. The molecule has 1 heterocycles. The van der Waals surface area contributed by atoms with Crippen molar-refractivity contribution in [2.24, 2.45) is 5.73 Å². The maximum atomic E-state index is 13.6. The monoisotopic (exact) mass is 488 g/mol. The quantitative estimate of drug-likeness (QED) is 0.408. The summed E-state index contributed by atoms with van der Waals surface area (Å²) in [6.07, 6.45) is -11.6. The Labute approximate surface area is 182 Å². The SMILES string of the molecule is NC(=O)[C@H](C(=O)Nc1ccc(N2CCOCC2=O)cc1C(F)F)N(CC(F)F)CC(F)(F)F. The highest BCUT2D eigenvalue weighted by Gasteiger charge is 2.40. The van der Waals surface area contributed by atoms with Crippen LogP contribution < -0.4 is 16.0 Å². The van der Waals surface area contributed by atoms with E-state index in [2.05, 4.69) is 0 Å². The van der Waals surface area contributed by atoms with Crippen LogP contribution in [0.3, 0.4) is 0 Å². The van der Waals surface area contributed by atoms with Crippen LogP contribution in [0.15, 0.2) is 18.2 Å². The third-order valence-electron chi connectivity index (χ3n) is 4.46. The Balaban J connectivity index is 2.34. The zero-order chi connectivity index (χ0) is 24.9. The van der Waals surface area contributed by atoms with Crippen molar-refractivity contribution in [1.82, 2.24) is 4.90 Å². The number of benzene rings is 1. The predicted molar refractivity (Wildman–Crippen MR) is 99.8 cm³/mol. The number of hydrogen-bond acceptors (Lipinski definition) is 5. The van der Waals surface area contributed by atoms with Gasteiger partial charge in [0.2, 0.25) is 5.91 Å². The molecule has 1 aromatic carbocycles. The van der Waals surface area contributed by atoms with E-state index in [0.717, 1.165) is 17.0 Å². The molecule has 1 saturated heterocycles. The van der Waals surface area contributed by atoms with Crippen LogP contribution in [0, 0.1) is 0 Å². The van der Waals surface area contributed by atoms with E-state index in [9.17, 15) is 45.1 Å². The van der Waals surface area contributed by atoms with Crippen LogP contribution in [0.5, 0.6) is 0 Å². The lowest BCUT2D eigenvalue weighted by molar-refractivity contribution is -0.160. The second-order valence-corrected chi connectivity index (χ2v) is 6.90. The van der Waals surface area contributed by atoms with E-state index >= 15 is 0 Å². The first-order valence-corrected chi connectivity index (χ1v) is 9.29. The summed E-state index contributed by atoms with van der Waals surface area (Å²) >= 11 is 0. The molecule has 33 heavy (non-hydrogen) atoms. The molecule has 1 aliphatic rings. The third-order valence-corrected chi connectivity index (χ3v) is 4.46. The predicted octanol–water partition coefficient (Wildman–Crippen LogP) is 1.91. The van der Waals surface area contributed by atoms with Gasteiger partial charge in [0.05, 0.1) is 19.7 Å². The van der Waals surface area contributed by atoms with Crippen LogP contribution in [0.1, 0.15) is 12.0 Å². The number of carbonyl (C=O) groups is 3. The molecule has 8 nitrogen and oxygen atoms in total. The normalized spacial score (nSPS) is 15.9. The first-order chi connectivity index (χ1) is 15.3. The molecule has 1 aromatic rings. The van der Waals surface area contributed by atoms with Crippen molar-refractivity contribution in [1.29, 1.82) is 0 Å². The summed E-state index contributed by atoms with van der Waals surface area (Å²) in [5.74, 6) is -3.81. The fourth-order valence-corrected chi connectivity index (χ4v) is 3.15. The topological polar surface area (TPSA) is 105 Å². The molecule has 0 spiro atoms. The number of halogens is 7. The number of anilines is 2. The van der Waals surface area contributed by atoms with E-state index in [1.54, 1.807) is 0 Å². The summed E-state index contributed by atoms with van der Waals surface area (Å²) in [6.45, 7) is -3.76. The second-order valence-electron chi connectivity index (χ2n) is 6.90. The van der Waals surface area contributed by atoms with Crippen molar-refractivity contribution < 1.29 is 49.9 Å². The number of nitrogens with zero attached hydrogens (tertiary/aromatic N) is 2. The number of nitrogens with one attached hydrogen (secondary N) is 1. The Hall–Kier alpha value is -2.94. The number of rotatable bonds is 9. The summed E-state index contributed by atoms with van der Waals surface area (Å²) < 4.78 is 96.0. The van der Waals surface area contributed by atoms with Gasteiger partial charge >= 0.3 is 6.18 Å². The number of amides is 3. The maximum Gasteiger partial charge on any atom is 0.401 e. The minimum atomic E-state index is -5.07. The summed E-state index contributed by atoms with van der Waals surface area (Å²) in [7, 11) is 0. The van der Waals surface area contributed by atoms with Crippen LogP contribution in [0.25, 0.3) is 0 Å². The molecule has 2 rings (SSSR count). The van der Waals surface area contributed by atoms with Gasteiger partial charge in [0.15, 0.2) is 6.04 Å². The Morgan fingerprint density at radius 2 is 1.88 bits per heavy atom. The third kappa shape index (κ3) is 7.28. The number of alkyl halides is 7. The molecule has 0 aliphatic carbocycles. The van der Waals surface area contributed by atoms with Crippen LogP contribution >= 0.6 is 0 Å². The van der Waals surface area contributed by atoms with E-state index in [1.807, 2.05) is 5.32 Å². The fourth-order valence-electron chi connectivity index (χ4n) is 3.15. The average molecular weight is 488 g/mol. The van der Waals surface area contributed by atoms with Crippen LogP contribution in [-0.2, 0) is 19.1 Å². The van der Waals surface area contributed by atoms with Gasteiger partial charge in [-0.1, -0.05) is 0 Å². The number of nitrogens with two attached hydrogens (primary N) is 1. The number of hydrogen-bond donors (Lipinski definition) is 2. The lowest BCUT2D eigenvalue weighted by Crippen LogP contribution is -2.55. The second kappa shape index (κ2) is 10.8. The van der Waals surface area contributed by atoms with Crippen LogP contribution in [0.2, 0.25) is 0 Å². The van der Waals surface area contributed by atoms with Crippen molar-refractivity contribution in [3.05, 3.63) is 23.8 Å². The first-order valence-electron chi connectivity index (χ1n) is 9.29. The molecule has 15 heteroatoms. The summed E-state index contributed by atoms with van der Waals surface area (Å²) in [6, 6.07) is 0.467. The van der Waals surface area contributed by atoms with Gasteiger partial charge in [-0.05, 0) is 18.2 Å². The lowest BCUT2D eigenvalue weighted by atomic mass is 10.1. The zero-order valence-corrected chi connectivity index (χ0v) is 16.8. The molecule has 3 amide bonds. The van der Waals surface area contributed by atoms with E-state index in [1.165, 1.54) is 6.07 Å². The molecular formula is C18H19F7N4O4. The van der Waals surface area contributed by atoms with E-state index in [-0.39, 0.29) is 30.3 Å². The molecule has 0 unspecified atom stereocenters. The minimum Gasteiger partial charge on any atom is -0.370 e. The average Bonchev–Trinajstić information content (AvgIpc) is 2.66. The maximum absolute atomic E-state index is 13.6. The Morgan fingerprint density at radius 3 is 2.39 bits per heavy atom. The molecule has 3 N–H and O–H groups in total. The highest BCUT2D eigenvalue weighted by molar-refractivity contribution is 6.10. The Kier molecular flexibility index (Phi) is 8.60. The Bertz CT molecular complexity index is 882. The van der Waals surface area contributed by atoms with Gasteiger partial charge in [-0.2, -0.15) is 13.2 Å². The van der Waals surface area contributed by atoms with Gasteiger partial charge in [-0.3, -0.25) is 19.3 Å². The zero-order valence-electron chi connectivity index (χ0n) is 16.8. The van der Waals surface area contributed by atoms with Gasteiger partial charge in [-0.15, -0.1) is 0 Å². The van der Waals surface area contributed by atoms with Crippen molar-refractivity contribution in [3.63, 3.8) is 0 Å². The number of morpholine rings is 1. The molecule has 1 atom stereocenters. The van der Waals surface area contributed by atoms with Crippen molar-refractivity contribution >= 4 is 29.1 Å². The molecule has 1 aliphatic heterocycles. The van der Waals surface area contributed by atoms with E-state index in [0.29, 0.717) is 0 Å².